The molecule has 0 aliphatic heterocycles. The molecule has 84 valence electrons. The van der Waals surface area contributed by atoms with Crippen LogP contribution >= 0.6 is 0 Å². The highest BCUT2D eigenvalue weighted by Crippen LogP contribution is 2.13. The van der Waals surface area contributed by atoms with Crippen molar-refractivity contribution >= 4 is 11.5 Å². The maximum atomic E-state index is 9.51. The molecule has 0 saturated heterocycles. The number of aliphatic hydroxyl groups excluding tert-OH is 1. The van der Waals surface area contributed by atoms with Gasteiger partial charge in [0.2, 0.25) is 0 Å². The molecule has 0 radical (unpaired) electrons. The molecule has 0 aromatic carbocycles. The fraction of sp³-hybridized carbons (Fsp3) is 0.545. The van der Waals surface area contributed by atoms with Gasteiger partial charge in [-0.2, -0.15) is 0 Å². The highest BCUT2D eigenvalue weighted by Gasteiger charge is 2.03. The van der Waals surface area contributed by atoms with Crippen LogP contribution in [0.25, 0.3) is 0 Å². The molecular formula is C11H19N3O. The molecule has 4 N–H and O–H groups in total. The first-order valence-electron chi connectivity index (χ1n) is 5.27. The van der Waals surface area contributed by atoms with Crippen molar-refractivity contribution < 1.29 is 5.11 Å². The quantitative estimate of drug-likeness (QED) is 0.688. The summed E-state index contributed by atoms with van der Waals surface area (Å²) < 4.78 is 0. The van der Waals surface area contributed by atoms with Gasteiger partial charge in [0.25, 0.3) is 0 Å². The van der Waals surface area contributed by atoms with E-state index in [0.717, 1.165) is 24.1 Å². The van der Waals surface area contributed by atoms with Gasteiger partial charge < -0.3 is 16.2 Å². The molecule has 0 amide bonds. The smallest absolute Gasteiger partial charge is 0.128 e. The van der Waals surface area contributed by atoms with Gasteiger partial charge >= 0.3 is 0 Å². The molecule has 0 spiro atoms. The SMILES string of the molecule is CCCC(O)CNc1cc(N)c(C)cn1. The molecule has 0 saturated carbocycles. The first kappa shape index (κ1) is 11.8. The van der Waals surface area contributed by atoms with Crippen LogP contribution in [0.2, 0.25) is 0 Å². The number of nitrogen functional groups attached to an aromatic ring is 1. The number of nitrogens with two attached hydrogens (primary N) is 1. The van der Waals surface area contributed by atoms with Crippen molar-refractivity contribution in [1.82, 2.24) is 4.98 Å². The predicted octanol–water partition coefficient (Wildman–Crippen LogP) is 1.55. The normalized spacial score (nSPS) is 12.5. The molecular weight excluding hydrogens is 190 g/mol. The Morgan fingerprint density at radius 3 is 2.93 bits per heavy atom. The number of nitrogens with one attached hydrogen (secondary N) is 1. The summed E-state index contributed by atoms with van der Waals surface area (Å²) >= 11 is 0. The predicted molar refractivity (Wildman–Crippen MR) is 62.8 cm³/mol. The van der Waals surface area contributed by atoms with Crippen molar-refractivity contribution in [1.29, 1.82) is 0 Å². The number of anilines is 2. The van der Waals surface area contributed by atoms with Crippen molar-refractivity contribution in [2.45, 2.75) is 32.8 Å². The molecule has 1 atom stereocenters. The Bertz CT molecular complexity index is 315. The van der Waals surface area contributed by atoms with E-state index >= 15 is 0 Å². The summed E-state index contributed by atoms with van der Waals surface area (Å²) in [5.41, 5.74) is 7.43. The van der Waals surface area contributed by atoms with E-state index in [4.69, 9.17) is 5.73 Å². The molecule has 15 heavy (non-hydrogen) atoms. The molecule has 1 aromatic rings. The van der Waals surface area contributed by atoms with Crippen LogP contribution in [0, 0.1) is 6.92 Å². The minimum absolute atomic E-state index is 0.320. The highest BCUT2D eigenvalue weighted by molar-refractivity contribution is 5.53. The second kappa shape index (κ2) is 5.56. The number of pyridine rings is 1. The molecule has 0 aliphatic rings. The molecule has 1 aromatic heterocycles. The minimum atomic E-state index is -0.320. The topological polar surface area (TPSA) is 71.2 Å². The number of hydrogen-bond donors (Lipinski definition) is 3. The Hall–Kier alpha value is -1.29. The van der Waals surface area contributed by atoms with Crippen molar-refractivity contribution in [2.24, 2.45) is 0 Å². The van der Waals surface area contributed by atoms with Crippen molar-refractivity contribution in [3.63, 3.8) is 0 Å². The van der Waals surface area contributed by atoms with Gasteiger partial charge in [0.15, 0.2) is 0 Å². The van der Waals surface area contributed by atoms with Gasteiger partial charge in [-0.15, -0.1) is 0 Å². The van der Waals surface area contributed by atoms with Gasteiger partial charge in [0, 0.05) is 24.5 Å². The average Bonchev–Trinajstić information content (AvgIpc) is 2.20. The molecule has 4 nitrogen and oxygen atoms in total. The Morgan fingerprint density at radius 1 is 1.60 bits per heavy atom. The lowest BCUT2D eigenvalue weighted by molar-refractivity contribution is 0.176. The van der Waals surface area contributed by atoms with Crippen molar-refractivity contribution in [3.8, 4) is 0 Å². The van der Waals surface area contributed by atoms with Gasteiger partial charge in [-0.3, -0.25) is 0 Å². The Labute approximate surface area is 90.5 Å². The Balaban J connectivity index is 2.47. The molecule has 1 heterocycles. The number of aromatic nitrogens is 1. The van der Waals surface area contributed by atoms with Crippen LogP contribution in [-0.4, -0.2) is 22.7 Å². The van der Waals surface area contributed by atoms with Crippen LogP contribution in [0.15, 0.2) is 12.3 Å². The lowest BCUT2D eigenvalue weighted by atomic mass is 10.2. The maximum absolute atomic E-state index is 9.51. The lowest BCUT2D eigenvalue weighted by Crippen LogP contribution is -2.19. The van der Waals surface area contributed by atoms with E-state index in [0.29, 0.717) is 12.4 Å². The van der Waals surface area contributed by atoms with E-state index in [9.17, 15) is 5.11 Å². The van der Waals surface area contributed by atoms with E-state index in [1.54, 1.807) is 12.3 Å². The first-order chi connectivity index (χ1) is 7.13. The van der Waals surface area contributed by atoms with Crippen LogP contribution in [-0.2, 0) is 0 Å². The summed E-state index contributed by atoms with van der Waals surface area (Å²) in [6.45, 7) is 4.48. The molecule has 1 unspecified atom stereocenters. The number of hydrogen-bond acceptors (Lipinski definition) is 4. The fourth-order valence-corrected chi connectivity index (χ4v) is 1.29. The second-order valence-electron chi connectivity index (χ2n) is 3.75. The standard InChI is InChI=1S/C11H19N3O/c1-3-4-9(15)7-14-11-5-10(12)8(2)6-13-11/h5-6,9,15H,3-4,7H2,1-2H3,(H3,12,13,14). The van der Waals surface area contributed by atoms with Gasteiger partial charge in [-0.05, 0) is 18.9 Å². The molecule has 0 bridgehead atoms. The van der Waals surface area contributed by atoms with Crippen LogP contribution in [0.5, 0.6) is 0 Å². The zero-order chi connectivity index (χ0) is 11.3. The van der Waals surface area contributed by atoms with E-state index in [-0.39, 0.29) is 6.10 Å². The summed E-state index contributed by atoms with van der Waals surface area (Å²) in [6, 6.07) is 1.79. The fourth-order valence-electron chi connectivity index (χ4n) is 1.29. The summed E-state index contributed by atoms with van der Waals surface area (Å²) in [7, 11) is 0. The summed E-state index contributed by atoms with van der Waals surface area (Å²) in [5.74, 6) is 0.716. The van der Waals surface area contributed by atoms with Gasteiger partial charge in [0.1, 0.15) is 5.82 Å². The first-order valence-corrected chi connectivity index (χ1v) is 5.27. The number of aryl methyl sites for hydroxylation is 1. The number of nitrogens with zero attached hydrogens (tertiary/aromatic N) is 1. The van der Waals surface area contributed by atoms with E-state index in [1.165, 1.54) is 0 Å². The monoisotopic (exact) mass is 209 g/mol. The van der Waals surface area contributed by atoms with Crippen LogP contribution in [0.1, 0.15) is 25.3 Å². The van der Waals surface area contributed by atoms with E-state index in [1.807, 2.05) is 13.8 Å². The Morgan fingerprint density at radius 2 is 2.33 bits per heavy atom. The number of rotatable bonds is 5. The van der Waals surface area contributed by atoms with Gasteiger partial charge in [-0.25, -0.2) is 4.98 Å². The Kier molecular flexibility index (Phi) is 4.37. The van der Waals surface area contributed by atoms with Crippen molar-refractivity contribution in [3.05, 3.63) is 17.8 Å². The lowest BCUT2D eigenvalue weighted by Gasteiger charge is -2.11. The third-order valence-electron chi connectivity index (χ3n) is 2.29. The van der Waals surface area contributed by atoms with Crippen LogP contribution in [0.3, 0.4) is 0 Å². The third-order valence-corrected chi connectivity index (χ3v) is 2.29. The highest BCUT2D eigenvalue weighted by atomic mass is 16.3. The summed E-state index contributed by atoms with van der Waals surface area (Å²) in [6.07, 6.45) is 3.18. The van der Waals surface area contributed by atoms with Crippen LogP contribution < -0.4 is 11.1 Å². The maximum Gasteiger partial charge on any atom is 0.128 e. The van der Waals surface area contributed by atoms with Crippen molar-refractivity contribution in [2.75, 3.05) is 17.6 Å². The third kappa shape index (κ3) is 3.75. The molecule has 0 aliphatic carbocycles. The van der Waals surface area contributed by atoms with Gasteiger partial charge in [-0.1, -0.05) is 13.3 Å². The second-order valence-corrected chi connectivity index (χ2v) is 3.75. The zero-order valence-electron chi connectivity index (χ0n) is 9.33. The summed E-state index contributed by atoms with van der Waals surface area (Å²) in [4.78, 5) is 4.17. The molecule has 4 heteroatoms. The largest absolute Gasteiger partial charge is 0.398 e. The van der Waals surface area contributed by atoms with E-state index < -0.39 is 0 Å². The molecule has 1 rings (SSSR count). The molecule has 0 fully saturated rings. The minimum Gasteiger partial charge on any atom is -0.398 e. The van der Waals surface area contributed by atoms with Gasteiger partial charge in [0.05, 0.1) is 6.10 Å². The van der Waals surface area contributed by atoms with Crippen LogP contribution in [0.4, 0.5) is 11.5 Å². The zero-order valence-corrected chi connectivity index (χ0v) is 9.33. The average molecular weight is 209 g/mol. The number of aliphatic hydroxyl groups is 1. The summed E-state index contributed by atoms with van der Waals surface area (Å²) in [5, 5.41) is 12.6. The van der Waals surface area contributed by atoms with E-state index in [2.05, 4.69) is 10.3 Å².